The number of benzene rings is 8. The molecule has 47 heavy (non-hydrogen) atoms. The number of thiophene rings is 1. The van der Waals surface area contributed by atoms with E-state index in [0.717, 1.165) is 0 Å². The Labute approximate surface area is 278 Å². The fraction of sp³-hybridized carbons (Fsp3) is 0.0667. The number of hydrogen-bond acceptors (Lipinski definition) is 2. The minimum atomic E-state index is -0.0899. The maximum atomic E-state index is 2.54. The zero-order chi connectivity index (χ0) is 31.3. The molecule has 0 N–H and O–H groups in total. The molecule has 1 heterocycles. The zero-order valence-electron chi connectivity index (χ0n) is 26.3. The highest BCUT2D eigenvalue weighted by Gasteiger charge is 2.38. The Balaban J connectivity index is 1.33. The van der Waals surface area contributed by atoms with E-state index in [2.05, 4.69) is 170 Å². The molecule has 0 spiro atoms. The van der Waals surface area contributed by atoms with Crippen LogP contribution in [-0.4, -0.2) is 0 Å². The van der Waals surface area contributed by atoms with Crippen molar-refractivity contribution in [3.8, 4) is 11.1 Å². The van der Waals surface area contributed by atoms with Gasteiger partial charge in [0.1, 0.15) is 0 Å². The smallest absolute Gasteiger partial charge is 0.0546 e. The first-order valence-corrected chi connectivity index (χ1v) is 17.2. The van der Waals surface area contributed by atoms with E-state index < -0.39 is 0 Å². The molecule has 0 saturated carbocycles. The van der Waals surface area contributed by atoms with Crippen LogP contribution in [0.2, 0.25) is 0 Å². The van der Waals surface area contributed by atoms with Crippen LogP contribution >= 0.6 is 11.3 Å². The molecule has 1 aromatic heterocycles. The van der Waals surface area contributed by atoms with Gasteiger partial charge in [0.15, 0.2) is 0 Å². The second-order valence-corrected chi connectivity index (χ2v) is 14.4. The van der Waals surface area contributed by atoms with E-state index in [1.165, 1.54) is 91.8 Å². The molecule has 0 atom stereocenters. The van der Waals surface area contributed by atoms with Gasteiger partial charge in [0, 0.05) is 42.2 Å². The normalized spacial score (nSPS) is 13.5. The van der Waals surface area contributed by atoms with Crippen LogP contribution in [0, 0.1) is 0 Å². The first-order chi connectivity index (χ1) is 23.1. The van der Waals surface area contributed by atoms with Gasteiger partial charge in [-0.25, -0.2) is 0 Å². The van der Waals surface area contributed by atoms with Crippen LogP contribution in [0.25, 0.3) is 63.6 Å². The van der Waals surface area contributed by atoms with Gasteiger partial charge in [-0.2, -0.15) is 0 Å². The van der Waals surface area contributed by atoms with Gasteiger partial charge in [-0.3, -0.25) is 0 Å². The molecular formula is C45H31NS. The van der Waals surface area contributed by atoms with Crippen LogP contribution in [-0.2, 0) is 5.41 Å². The lowest BCUT2D eigenvalue weighted by atomic mass is 9.82. The van der Waals surface area contributed by atoms with Gasteiger partial charge in [-0.1, -0.05) is 135 Å². The van der Waals surface area contributed by atoms with E-state index in [0.29, 0.717) is 0 Å². The van der Waals surface area contributed by atoms with E-state index in [4.69, 9.17) is 0 Å². The summed E-state index contributed by atoms with van der Waals surface area (Å²) in [4.78, 5) is 2.54. The molecule has 0 fully saturated rings. The number of hydrogen-bond donors (Lipinski definition) is 0. The van der Waals surface area contributed by atoms with Gasteiger partial charge in [0.25, 0.3) is 0 Å². The topological polar surface area (TPSA) is 3.24 Å². The van der Waals surface area contributed by atoms with Gasteiger partial charge >= 0.3 is 0 Å². The number of anilines is 3. The van der Waals surface area contributed by atoms with Crippen molar-refractivity contribution < 1.29 is 0 Å². The van der Waals surface area contributed by atoms with E-state index in [9.17, 15) is 0 Å². The maximum Gasteiger partial charge on any atom is 0.0546 e. The Kier molecular flexibility index (Phi) is 5.57. The molecule has 0 saturated heterocycles. The monoisotopic (exact) mass is 617 g/mol. The Morgan fingerprint density at radius 3 is 2.04 bits per heavy atom. The van der Waals surface area contributed by atoms with Crippen LogP contribution in [0.1, 0.15) is 25.0 Å². The quantitative estimate of drug-likeness (QED) is 0.178. The summed E-state index contributed by atoms with van der Waals surface area (Å²) in [5.41, 5.74) is 8.90. The van der Waals surface area contributed by atoms with Crippen molar-refractivity contribution in [3.63, 3.8) is 0 Å². The number of fused-ring (bicyclic) bond motifs is 11. The molecule has 8 aromatic carbocycles. The molecule has 0 unspecified atom stereocenters. The van der Waals surface area contributed by atoms with Crippen molar-refractivity contribution in [3.05, 3.63) is 163 Å². The molecule has 0 aliphatic heterocycles. The summed E-state index contributed by atoms with van der Waals surface area (Å²) in [6.45, 7) is 4.73. The number of nitrogens with zero attached hydrogens (tertiary/aromatic N) is 1. The van der Waals surface area contributed by atoms with Gasteiger partial charge in [-0.05, 0) is 74.0 Å². The summed E-state index contributed by atoms with van der Waals surface area (Å²) in [5, 5.41) is 10.3. The van der Waals surface area contributed by atoms with E-state index >= 15 is 0 Å². The molecule has 2 heteroatoms. The molecule has 0 bridgehead atoms. The summed E-state index contributed by atoms with van der Waals surface area (Å²) in [7, 11) is 0. The molecule has 1 aliphatic rings. The lowest BCUT2D eigenvalue weighted by Gasteiger charge is -2.30. The third-order valence-corrected chi connectivity index (χ3v) is 11.5. The molecule has 1 nitrogen and oxygen atoms in total. The minimum Gasteiger partial charge on any atom is -0.309 e. The van der Waals surface area contributed by atoms with Crippen molar-refractivity contribution in [1.82, 2.24) is 0 Å². The van der Waals surface area contributed by atoms with E-state index in [1.54, 1.807) is 0 Å². The van der Waals surface area contributed by atoms with Gasteiger partial charge in [0.2, 0.25) is 0 Å². The van der Waals surface area contributed by atoms with Crippen molar-refractivity contribution in [2.45, 2.75) is 19.3 Å². The summed E-state index contributed by atoms with van der Waals surface area (Å²) >= 11 is 1.88. The SMILES string of the molecule is CC1(C)c2ccccc2-c2c(N(c3ccc4c(c3)sc3ccccc34)c3cc4ccc5ccccc5c4c4ccccc34)cccc21. The third-order valence-electron chi connectivity index (χ3n) is 10.4. The Bertz CT molecular complexity index is 2730. The first kappa shape index (κ1) is 26.7. The van der Waals surface area contributed by atoms with Crippen LogP contribution in [0.15, 0.2) is 152 Å². The molecule has 1 aliphatic carbocycles. The standard InChI is InChI=1S/C45H31NS/c1-45(2)37-18-9-7-17-36(37)44-38(45)19-11-20-39(44)46(30-24-25-34-33-15-8-10-21-41(33)47-42(34)27-30)40-26-29-23-22-28-12-3-4-13-31(28)43(29)35-16-6-5-14-32(35)40/h3-27H,1-2H3. The van der Waals surface area contributed by atoms with E-state index in [1.807, 2.05) is 11.3 Å². The second kappa shape index (κ2) is 9.78. The third kappa shape index (κ3) is 3.77. The van der Waals surface area contributed by atoms with Crippen molar-refractivity contribution >= 4 is 80.9 Å². The summed E-state index contributed by atoms with van der Waals surface area (Å²) in [5.74, 6) is 0. The first-order valence-electron chi connectivity index (χ1n) is 16.4. The Hall–Kier alpha value is -5.44. The molecule has 222 valence electrons. The molecule has 0 radical (unpaired) electrons. The summed E-state index contributed by atoms with van der Waals surface area (Å²) in [6.07, 6.45) is 0. The van der Waals surface area contributed by atoms with Crippen LogP contribution in [0.3, 0.4) is 0 Å². The van der Waals surface area contributed by atoms with Gasteiger partial charge < -0.3 is 4.90 Å². The van der Waals surface area contributed by atoms with Crippen LogP contribution in [0.5, 0.6) is 0 Å². The average Bonchev–Trinajstić information content (AvgIpc) is 3.60. The average molecular weight is 618 g/mol. The van der Waals surface area contributed by atoms with Crippen LogP contribution < -0.4 is 4.90 Å². The lowest BCUT2D eigenvalue weighted by molar-refractivity contribution is 0.660. The zero-order valence-corrected chi connectivity index (χ0v) is 27.1. The fourth-order valence-corrected chi connectivity index (χ4v) is 9.37. The minimum absolute atomic E-state index is 0.0899. The van der Waals surface area contributed by atoms with Crippen LogP contribution in [0.4, 0.5) is 17.1 Å². The Morgan fingerprint density at radius 1 is 0.468 bits per heavy atom. The highest BCUT2D eigenvalue weighted by Crippen LogP contribution is 2.55. The fourth-order valence-electron chi connectivity index (χ4n) is 8.23. The number of rotatable bonds is 3. The predicted molar refractivity (Wildman–Crippen MR) is 204 cm³/mol. The molecule has 0 amide bonds. The largest absolute Gasteiger partial charge is 0.309 e. The lowest BCUT2D eigenvalue weighted by Crippen LogP contribution is -2.16. The maximum absolute atomic E-state index is 2.54. The van der Waals surface area contributed by atoms with E-state index in [-0.39, 0.29) is 5.41 Å². The highest BCUT2D eigenvalue weighted by atomic mass is 32.1. The van der Waals surface area contributed by atoms with Gasteiger partial charge in [0.05, 0.1) is 11.4 Å². The Morgan fingerprint density at radius 2 is 1.15 bits per heavy atom. The van der Waals surface area contributed by atoms with Crippen molar-refractivity contribution in [1.29, 1.82) is 0 Å². The predicted octanol–water partition coefficient (Wildman–Crippen LogP) is 13.3. The molecular weight excluding hydrogens is 587 g/mol. The summed E-state index contributed by atoms with van der Waals surface area (Å²) < 4.78 is 2.63. The van der Waals surface area contributed by atoms with Crippen molar-refractivity contribution in [2.75, 3.05) is 4.90 Å². The molecule has 9 aromatic rings. The van der Waals surface area contributed by atoms with Gasteiger partial charge in [-0.15, -0.1) is 11.3 Å². The highest BCUT2D eigenvalue weighted by molar-refractivity contribution is 7.25. The second-order valence-electron chi connectivity index (χ2n) is 13.3. The van der Waals surface area contributed by atoms with Crippen molar-refractivity contribution in [2.24, 2.45) is 0 Å². The summed E-state index contributed by atoms with van der Waals surface area (Å²) in [6, 6.07) is 56.5. The molecule has 10 rings (SSSR count).